The first kappa shape index (κ1) is 27.2. The first-order valence-electron chi connectivity index (χ1n) is 7.39. The number of hydrogen-bond acceptors (Lipinski definition) is 3. The quantitative estimate of drug-likeness (QED) is 0.187. The molecular weight excluding hydrogens is 625 g/mol. The lowest BCUT2D eigenvalue weighted by Gasteiger charge is -2.34. The summed E-state index contributed by atoms with van der Waals surface area (Å²) >= 11 is 64.8. The van der Waals surface area contributed by atoms with Crippen LogP contribution in [0, 0.1) is 0 Å². The molecule has 2 rings (SSSR count). The zero-order chi connectivity index (χ0) is 22.4. The van der Waals surface area contributed by atoms with Crippen LogP contribution in [-0.2, 0) is 0 Å². The molecule has 0 saturated heterocycles. The molecule has 1 nitrogen and oxygen atoms in total. The first-order chi connectivity index (χ1) is 13.2. The summed E-state index contributed by atoms with van der Waals surface area (Å²) in [6, 6.07) is 0. The van der Waals surface area contributed by atoms with Crippen LogP contribution in [0.5, 0.6) is 0 Å². The maximum absolute atomic E-state index is 6.38. The summed E-state index contributed by atoms with van der Waals surface area (Å²) in [5.74, 6) is 0. The second kappa shape index (κ2) is 10.5. The Balaban J connectivity index is 2.59. The van der Waals surface area contributed by atoms with Gasteiger partial charge in [-0.25, -0.2) is 0 Å². The molecule has 0 unspecified atom stereocenters. The van der Waals surface area contributed by atoms with Crippen LogP contribution in [-0.4, -0.2) is 9.25 Å². The summed E-state index contributed by atoms with van der Waals surface area (Å²) in [7, 11) is 0. The van der Waals surface area contributed by atoms with E-state index < -0.39 is 5.54 Å². The third-order valence-electron chi connectivity index (χ3n) is 3.24. The molecule has 2 aromatic rings. The summed E-state index contributed by atoms with van der Waals surface area (Å²) in [6.45, 7) is 5.86. The highest BCUT2D eigenvalue weighted by Crippen LogP contribution is 2.54. The molecule has 0 atom stereocenters. The molecule has 0 bridgehead atoms. The third kappa shape index (κ3) is 5.74. The third-order valence-corrected chi connectivity index (χ3v) is 11.3. The molecule has 29 heavy (non-hydrogen) atoms. The van der Waals surface area contributed by atoms with Gasteiger partial charge in [-0.3, -0.25) is 0 Å². The van der Waals surface area contributed by atoms with E-state index in [9.17, 15) is 0 Å². The van der Waals surface area contributed by atoms with Gasteiger partial charge in [0.2, 0.25) is 0 Å². The predicted molar refractivity (Wildman–Crippen MR) is 136 cm³/mol. The Morgan fingerprint density at radius 2 is 0.655 bits per heavy atom. The van der Waals surface area contributed by atoms with Crippen molar-refractivity contribution >= 4 is 140 Å². The van der Waals surface area contributed by atoms with Crippen LogP contribution in [0.1, 0.15) is 20.8 Å². The number of hydrogen-bond donors (Lipinski definition) is 0. The minimum absolute atomic E-state index is 0.0741. The second-order valence-corrected chi connectivity index (χ2v) is 12.3. The maximum atomic E-state index is 6.38. The van der Waals surface area contributed by atoms with E-state index in [1.807, 2.05) is 24.5 Å². The van der Waals surface area contributed by atoms with Crippen molar-refractivity contribution in [3.8, 4) is 0 Å². The van der Waals surface area contributed by atoms with Crippen molar-refractivity contribution in [1.82, 2.24) is 3.71 Å². The van der Waals surface area contributed by atoms with Crippen LogP contribution in [0.25, 0.3) is 0 Å². The fourth-order valence-electron chi connectivity index (χ4n) is 1.79. The molecule has 13 heteroatoms. The molecular formula is C16H9Cl10NS2. The lowest BCUT2D eigenvalue weighted by molar-refractivity contribution is 0.412. The van der Waals surface area contributed by atoms with E-state index in [0.29, 0.717) is 9.79 Å². The Labute approximate surface area is 227 Å². The van der Waals surface area contributed by atoms with Gasteiger partial charge in [0, 0.05) is 5.54 Å². The maximum Gasteiger partial charge on any atom is 0.0809 e. The van der Waals surface area contributed by atoms with Gasteiger partial charge in [-0.15, -0.1) is 0 Å². The van der Waals surface area contributed by atoms with Gasteiger partial charge < -0.3 is 0 Å². The van der Waals surface area contributed by atoms with E-state index in [4.69, 9.17) is 116 Å². The Morgan fingerprint density at radius 3 is 0.862 bits per heavy atom. The minimum Gasteiger partial charge on any atom is -0.180 e. The lowest BCUT2D eigenvalue weighted by atomic mass is 10.1. The van der Waals surface area contributed by atoms with Gasteiger partial charge in [-0.2, -0.15) is 3.71 Å². The monoisotopic (exact) mass is 629 g/mol. The fraction of sp³-hybridized carbons (Fsp3) is 0.250. The van der Waals surface area contributed by atoms with Crippen molar-refractivity contribution in [3.05, 3.63) is 50.2 Å². The summed E-state index contributed by atoms with van der Waals surface area (Å²) in [5.41, 5.74) is -0.453. The zero-order valence-electron chi connectivity index (χ0n) is 14.5. The Morgan fingerprint density at radius 1 is 0.448 bits per heavy atom. The molecule has 0 aromatic heterocycles. The van der Waals surface area contributed by atoms with Crippen LogP contribution in [0.2, 0.25) is 50.2 Å². The van der Waals surface area contributed by atoms with Crippen LogP contribution in [0.4, 0.5) is 0 Å². The smallest absolute Gasteiger partial charge is 0.0809 e. The van der Waals surface area contributed by atoms with E-state index in [1.165, 1.54) is 23.9 Å². The van der Waals surface area contributed by atoms with Crippen molar-refractivity contribution in [3.63, 3.8) is 0 Å². The summed E-state index contributed by atoms with van der Waals surface area (Å²) < 4.78 is 1.84. The van der Waals surface area contributed by atoms with Crippen LogP contribution >= 0.6 is 140 Å². The SMILES string of the molecule is CC(C)(C)N(Sc1c(Cl)c(Cl)c(Cl)c(Cl)c1Cl)Sc1c(Cl)c(Cl)c(Cl)c(Cl)c1Cl. The molecule has 0 saturated carbocycles. The topological polar surface area (TPSA) is 3.24 Å². The molecule has 0 radical (unpaired) electrons. The van der Waals surface area contributed by atoms with E-state index in [-0.39, 0.29) is 50.2 Å². The highest BCUT2D eigenvalue weighted by atomic mass is 35.5. The van der Waals surface area contributed by atoms with E-state index in [1.54, 1.807) is 0 Å². The van der Waals surface area contributed by atoms with Crippen molar-refractivity contribution in [2.24, 2.45) is 0 Å². The standard InChI is InChI=1S/C16H9Cl10NS2/c1-16(2,3)27(28-14-10(23)6(19)4(17)7(20)11(14)24)29-15-12(25)8(21)5(18)9(22)13(15)26/h1-3H3. The second-order valence-electron chi connectivity index (χ2n) is 6.41. The molecule has 0 aliphatic heterocycles. The first-order valence-corrected chi connectivity index (χ1v) is 12.7. The average molecular weight is 634 g/mol. The number of nitrogens with zero attached hydrogens (tertiary/aromatic N) is 1. The zero-order valence-corrected chi connectivity index (χ0v) is 23.7. The van der Waals surface area contributed by atoms with Crippen LogP contribution in [0.15, 0.2) is 9.79 Å². The largest absolute Gasteiger partial charge is 0.180 e. The van der Waals surface area contributed by atoms with Gasteiger partial charge in [-0.1, -0.05) is 116 Å². The Bertz CT molecular complexity index is 844. The van der Waals surface area contributed by atoms with Gasteiger partial charge in [-0.05, 0) is 44.7 Å². The summed E-state index contributed by atoms with van der Waals surface area (Å²) in [4.78, 5) is 0.821. The normalized spacial score (nSPS) is 12.2. The minimum atomic E-state index is -0.453. The molecule has 0 heterocycles. The van der Waals surface area contributed by atoms with Crippen molar-refractivity contribution < 1.29 is 0 Å². The van der Waals surface area contributed by atoms with Crippen molar-refractivity contribution in [1.29, 1.82) is 0 Å². The highest BCUT2D eigenvalue weighted by Gasteiger charge is 2.31. The molecule has 0 spiro atoms. The van der Waals surface area contributed by atoms with Gasteiger partial charge in [0.1, 0.15) is 0 Å². The summed E-state index contributed by atoms with van der Waals surface area (Å²) in [6.07, 6.45) is 0. The number of benzene rings is 2. The van der Waals surface area contributed by atoms with E-state index >= 15 is 0 Å². The highest BCUT2D eigenvalue weighted by molar-refractivity contribution is 8.12. The molecule has 0 aliphatic carbocycles. The van der Waals surface area contributed by atoms with Crippen LogP contribution in [0.3, 0.4) is 0 Å². The summed E-state index contributed by atoms with van der Waals surface area (Å²) in [5, 5.41) is 1.18. The van der Waals surface area contributed by atoms with Gasteiger partial charge in [0.15, 0.2) is 0 Å². The Kier molecular flexibility index (Phi) is 9.87. The molecule has 0 aliphatic rings. The van der Waals surface area contributed by atoms with Gasteiger partial charge in [0.05, 0.1) is 60.0 Å². The Hall–Kier alpha value is 2.00. The van der Waals surface area contributed by atoms with Crippen LogP contribution < -0.4 is 0 Å². The molecule has 0 amide bonds. The fourth-order valence-corrected chi connectivity index (χ4v) is 6.91. The average Bonchev–Trinajstić information content (AvgIpc) is 2.65. The van der Waals surface area contributed by atoms with Crippen molar-refractivity contribution in [2.75, 3.05) is 0 Å². The van der Waals surface area contributed by atoms with E-state index in [2.05, 4.69) is 0 Å². The van der Waals surface area contributed by atoms with Crippen molar-refractivity contribution in [2.45, 2.75) is 36.1 Å². The van der Waals surface area contributed by atoms with Gasteiger partial charge >= 0.3 is 0 Å². The lowest BCUT2D eigenvalue weighted by Crippen LogP contribution is -2.30. The predicted octanol–water partition coefficient (Wildman–Crippen LogP) is 12.0. The number of halogens is 10. The molecule has 160 valence electrons. The molecule has 0 fully saturated rings. The van der Waals surface area contributed by atoms with E-state index in [0.717, 1.165) is 0 Å². The number of rotatable bonds is 4. The van der Waals surface area contributed by atoms with Gasteiger partial charge in [0.25, 0.3) is 0 Å². The molecule has 0 N–H and O–H groups in total. The molecule has 2 aromatic carbocycles.